The summed E-state index contributed by atoms with van der Waals surface area (Å²) in [5.41, 5.74) is 6.12. The maximum atomic E-state index is 13.9. The van der Waals surface area contributed by atoms with E-state index < -0.39 is 5.41 Å². The summed E-state index contributed by atoms with van der Waals surface area (Å²) in [5.74, 6) is -0.270. The summed E-state index contributed by atoms with van der Waals surface area (Å²) in [4.78, 5) is 0. The summed E-state index contributed by atoms with van der Waals surface area (Å²) in [7, 11) is 0. The number of nitrogens with two attached hydrogens (primary N) is 1. The molecule has 0 spiro atoms. The highest BCUT2D eigenvalue weighted by Gasteiger charge is 2.34. The molecule has 2 unspecified atom stereocenters. The normalized spacial score (nSPS) is 16.6. The third kappa shape index (κ3) is 3.06. The first-order chi connectivity index (χ1) is 7.95. The zero-order valence-corrected chi connectivity index (χ0v) is 11.8. The Labute approximate surface area is 110 Å². The standard InChI is InChI=1S/C13H19BrFNO/c1-3-12(16)13(2,6-7-17)10-8-9(14)4-5-11(10)15/h4-5,8,12,17H,3,6-7,16H2,1-2H3. The minimum absolute atomic E-state index is 0.00382. The fourth-order valence-electron chi connectivity index (χ4n) is 2.14. The van der Waals surface area contributed by atoms with Gasteiger partial charge >= 0.3 is 0 Å². The largest absolute Gasteiger partial charge is 0.396 e. The van der Waals surface area contributed by atoms with Crippen LogP contribution in [0.5, 0.6) is 0 Å². The van der Waals surface area contributed by atoms with Gasteiger partial charge < -0.3 is 10.8 Å². The highest BCUT2D eigenvalue weighted by atomic mass is 79.9. The van der Waals surface area contributed by atoms with E-state index in [4.69, 9.17) is 5.73 Å². The van der Waals surface area contributed by atoms with Crippen molar-refractivity contribution in [1.29, 1.82) is 0 Å². The van der Waals surface area contributed by atoms with Gasteiger partial charge in [-0.05, 0) is 36.6 Å². The molecule has 0 amide bonds. The summed E-state index contributed by atoms with van der Waals surface area (Å²) < 4.78 is 14.7. The van der Waals surface area contributed by atoms with Crippen LogP contribution < -0.4 is 5.73 Å². The lowest BCUT2D eigenvalue weighted by Gasteiger charge is -2.35. The molecule has 0 bridgehead atoms. The molecular formula is C13H19BrFNO. The minimum atomic E-state index is -0.544. The van der Waals surface area contributed by atoms with Crippen LogP contribution in [0.15, 0.2) is 22.7 Å². The van der Waals surface area contributed by atoms with Crippen LogP contribution in [-0.2, 0) is 5.41 Å². The maximum Gasteiger partial charge on any atom is 0.127 e. The molecular weight excluding hydrogens is 285 g/mol. The molecule has 0 aromatic heterocycles. The van der Waals surface area contributed by atoms with Crippen molar-refractivity contribution in [2.75, 3.05) is 6.61 Å². The summed E-state index contributed by atoms with van der Waals surface area (Å²) in [6.07, 6.45) is 1.19. The first kappa shape index (κ1) is 14.6. The van der Waals surface area contributed by atoms with Crippen molar-refractivity contribution >= 4 is 15.9 Å². The molecule has 0 radical (unpaired) electrons. The van der Waals surface area contributed by atoms with Gasteiger partial charge in [0, 0.05) is 22.5 Å². The number of halogens is 2. The lowest BCUT2D eigenvalue weighted by molar-refractivity contribution is 0.220. The summed E-state index contributed by atoms with van der Waals surface area (Å²) in [5, 5.41) is 9.18. The number of aliphatic hydroxyl groups is 1. The molecule has 1 aromatic rings. The van der Waals surface area contributed by atoms with Crippen molar-refractivity contribution in [3.8, 4) is 0 Å². The van der Waals surface area contributed by atoms with E-state index >= 15 is 0 Å². The molecule has 1 aromatic carbocycles. The van der Waals surface area contributed by atoms with Gasteiger partial charge in [-0.25, -0.2) is 4.39 Å². The molecule has 4 heteroatoms. The smallest absolute Gasteiger partial charge is 0.127 e. The van der Waals surface area contributed by atoms with Gasteiger partial charge in [0.25, 0.3) is 0 Å². The van der Waals surface area contributed by atoms with Gasteiger partial charge in [0.05, 0.1) is 0 Å². The van der Waals surface area contributed by atoms with Crippen molar-refractivity contribution in [2.24, 2.45) is 5.73 Å². The van der Waals surface area contributed by atoms with E-state index in [1.165, 1.54) is 6.07 Å². The van der Waals surface area contributed by atoms with Crippen LogP contribution in [0, 0.1) is 5.82 Å². The second kappa shape index (κ2) is 5.94. The van der Waals surface area contributed by atoms with E-state index in [9.17, 15) is 9.50 Å². The topological polar surface area (TPSA) is 46.2 Å². The highest BCUT2D eigenvalue weighted by molar-refractivity contribution is 9.10. The van der Waals surface area contributed by atoms with Crippen LogP contribution >= 0.6 is 15.9 Å². The predicted octanol–water partition coefficient (Wildman–Crippen LogP) is 2.97. The van der Waals surface area contributed by atoms with E-state index in [0.717, 1.165) is 10.9 Å². The number of benzene rings is 1. The van der Waals surface area contributed by atoms with Crippen molar-refractivity contribution in [1.82, 2.24) is 0 Å². The van der Waals surface area contributed by atoms with Gasteiger partial charge in [-0.1, -0.05) is 29.8 Å². The predicted molar refractivity (Wildman–Crippen MR) is 71.4 cm³/mol. The third-order valence-corrected chi connectivity index (χ3v) is 3.93. The molecule has 0 aliphatic rings. The van der Waals surface area contributed by atoms with Gasteiger partial charge in [-0.15, -0.1) is 0 Å². The number of hydrogen-bond acceptors (Lipinski definition) is 2. The average molecular weight is 304 g/mol. The van der Waals surface area contributed by atoms with Crippen molar-refractivity contribution in [3.63, 3.8) is 0 Å². The second-order valence-electron chi connectivity index (χ2n) is 4.53. The van der Waals surface area contributed by atoms with E-state index in [1.807, 2.05) is 13.8 Å². The summed E-state index contributed by atoms with van der Waals surface area (Å²) in [6, 6.07) is 4.66. The minimum Gasteiger partial charge on any atom is -0.396 e. The van der Waals surface area contributed by atoms with Gasteiger partial charge in [0.1, 0.15) is 5.82 Å². The highest BCUT2D eigenvalue weighted by Crippen LogP contribution is 2.35. The number of rotatable bonds is 5. The first-order valence-corrected chi connectivity index (χ1v) is 6.57. The summed E-state index contributed by atoms with van der Waals surface area (Å²) in [6.45, 7) is 3.87. The van der Waals surface area contributed by atoms with Gasteiger partial charge in [0.15, 0.2) is 0 Å². The molecule has 17 heavy (non-hydrogen) atoms. The summed E-state index contributed by atoms with van der Waals surface area (Å²) >= 11 is 3.34. The van der Waals surface area contributed by atoms with Crippen molar-refractivity contribution in [3.05, 3.63) is 34.1 Å². The Balaban J connectivity index is 3.26. The molecule has 2 atom stereocenters. The lowest BCUT2D eigenvalue weighted by atomic mass is 9.72. The Morgan fingerprint density at radius 2 is 2.18 bits per heavy atom. The first-order valence-electron chi connectivity index (χ1n) is 5.77. The second-order valence-corrected chi connectivity index (χ2v) is 5.45. The van der Waals surface area contributed by atoms with Crippen LogP contribution in [-0.4, -0.2) is 17.8 Å². The lowest BCUT2D eigenvalue weighted by Crippen LogP contribution is -2.44. The molecule has 1 rings (SSSR count). The van der Waals surface area contributed by atoms with Crippen LogP contribution in [0.2, 0.25) is 0 Å². The Hall–Kier alpha value is -0.450. The fraction of sp³-hybridized carbons (Fsp3) is 0.538. The van der Waals surface area contributed by atoms with Crippen molar-refractivity contribution in [2.45, 2.75) is 38.1 Å². The van der Waals surface area contributed by atoms with Crippen molar-refractivity contribution < 1.29 is 9.50 Å². The third-order valence-electron chi connectivity index (χ3n) is 3.43. The van der Waals surface area contributed by atoms with Crippen LogP contribution in [0.3, 0.4) is 0 Å². The van der Waals surface area contributed by atoms with E-state index in [1.54, 1.807) is 12.1 Å². The number of aliphatic hydroxyl groups excluding tert-OH is 1. The van der Waals surface area contributed by atoms with Gasteiger partial charge in [-0.3, -0.25) is 0 Å². The van der Waals surface area contributed by atoms with E-state index in [-0.39, 0.29) is 18.5 Å². The molecule has 96 valence electrons. The Kier molecular flexibility index (Phi) is 5.10. The molecule has 0 heterocycles. The van der Waals surface area contributed by atoms with Gasteiger partial charge in [-0.2, -0.15) is 0 Å². The Morgan fingerprint density at radius 3 is 2.71 bits per heavy atom. The molecule has 0 aliphatic heterocycles. The molecule has 0 saturated heterocycles. The quantitative estimate of drug-likeness (QED) is 0.878. The SMILES string of the molecule is CCC(N)C(C)(CCO)c1cc(Br)ccc1F. The Bertz CT molecular complexity index is 386. The molecule has 2 nitrogen and oxygen atoms in total. The monoisotopic (exact) mass is 303 g/mol. The van der Waals surface area contributed by atoms with Crippen LogP contribution in [0.4, 0.5) is 4.39 Å². The van der Waals surface area contributed by atoms with E-state index in [0.29, 0.717) is 12.0 Å². The zero-order valence-electron chi connectivity index (χ0n) is 10.2. The molecule has 3 N–H and O–H groups in total. The Morgan fingerprint density at radius 1 is 1.53 bits per heavy atom. The zero-order chi connectivity index (χ0) is 13.1. The molecule has 0 saturated carbocycles. The molecule has 0 aliphatic carbocycles. The van der Waals surface area contributed by atoms with Crippen LogP contribution in [0.1, 0.15) is 32.3 Å². The van der Waals surface area contributed by atoms with E-state index in [2.05, 4.69) is 15.9 Å². The number of hydrogen-bond donors (Lipinski definition) is 2. The van der Waals surface area contributed by atoms with Gasteiger partial charge in [0.2, 0.25) is 0 Å². The van der Waals surface area contributed by atoms with Crippen LogP contribution in [0.25, 0.3) is 0 Å². The average Bonchev–Trinajstić information content (AvgIpc) is 2.31. The molecule has 0 fully saturated rings. The maximum absolute atomic E-state index is 13.9. The fourth-order valence-corrected chi connectivity index (χ4v) is 2.50.